The zero-order valence-electron chi connectivity index (χ0n) is 19.1. The third-order valence-corrected chi connectivity index (χ3v) is 6.58. The number of carbonyl (C=O) groups excluding carboxylic acids is 2. The van der Waals surface area contributed by atoms with E-state index in [1.54, 1.807) is 7.11 Å². The maximum absolute atomic E-state index is 13.2. The van der Waals surface area contributed by atoms with Crippen LogP contribution in [0.4, 0.5) is 0 Å². The quantitative estimate of drug-likeness (QED) is 0.700. The maximum Gasteiger partial charge on any atom is 0.227 e. The Labute approximate surface area is 190 Å². The number of methoxy groups -OCH3 is 1. The summed E-state index contributed by atoms with van der Waals surface area (Å²) in [5, 5.41) is 0. The number of hydrogen-bond donors (Lipinski definition) is 0. The van der Waals surface area contributed by atoms with Crippen molar-refractivity contribution >= 4 is 11.8 Å². The van der Waals surface area contributed by atoms with Gasteiger partial charge >= 0.3 is 0 Å². The molecule has 0 spiro atoms. The van der Waals surface area contributed by atoms with E-state index in [-0.39, 0.29) is 17.7 Å². The van der Waals surface area contributed by atoms with Gasteiger partial charge < -0.3 is 14.5 Å². The van der Waals surface area contributed by atoms with Crippen LogP contribution >= 0.6 is 0 Å². The molecule has 2 heterocycles. The minimum absolute atomic E-state index is 0.114. The summed E-state index contributed by atoms with van der Waals surface area (Å²) in [6, 6.07) is 16.4. The molecule has 2 fully saturated rings. The van der Waals surface area contributed by atoms with Gasteiger partial charge in [0.15, 0.2) is 0 Å². The van der Waals surface area contributed by atoms with E-state index in [0.29, 0.717) is 25.9 Å². The molecular formula is C26H33N3O3. The number of carbonyl (C=O) groups is 2. The van der Waals surface area contributed by atoms with Crippen molar-refractivity contribution in [3.63, 3.8) is 0 Å². The van der Waals surface area contributed by atoms with Gasteiger partial charge in [-0.05, 0) is 25.0 Å². The number of ether oxygens (including phenoxy) is 1. The molecule has 0 aliphatic carbocycles. The van der Waals surface area contributed by atoms with Gasteiger partial charge in [-0.3, -0.25) is 14.5 Å². The van der Waals surface area contributed by atoms with Gasteiger partial charge in [-0.25, -0.2) is 0 Å². The number of rotatable bonds is 6. The summed E-state index contributed by atoms with van der Waals surface area (Å²) < 4.78 is 5.43. The van der Waals surface area contributed by atoms with Gasteiger partial charge in [0.1, 0.15) is 5.75 Å². The minimum atomic E-state index is -0.120. The highest BCUT2D eigenvalue weighted by Crippen LogP contribution is 2.25. The highest BCUT2D eigenvalue weighted by molar-refractivity contribution is 5.84. The van der Waals surface area contributed by atoms with E-state index in [2.05, 4.69) is 36.1 Å². The number of para-hydroxylation sites is 1. The average molecular weight is 436 g/mol. The number of hydrogen-bond acceptors (Lipinski definition) is 4. The van der Waals surface area contributed by atoms with Crippen molar-refractivity contribution in [1.82, 2.24) is 14.7 Å². The lowest BCUT2D eigenvalue weighted by atomic mass is 9.95. The predicted molar refractivity (Wildman–Crippen MR) is 124 cm³/mol. The van der Waals surface area contributed by atoms with Gasteiger partial charge in [-0.2, -0.15) is 0 Å². The molecule has 2 amide bonds. The van der Waals surface area contributed by atoms with Crippen molar-refractivity contribution < 1.29 is 14.3 Å². The molecule has 2 aromatic carbocycles. The van der Waals surface area contributed by atoms with Crippen LogP contribution in [0.1, 0.15) is 29.5 Å². The van der Waals surface area contributed by atoms with E-state index in [0.717, 1.165) is 44.0 Å². The molecule has 6 heteroatoms. The highest BCUT2D eigenvalue weighted by atomic mass is 16.5. The molecule has 0 radical (unpaired) electrons. The maximum atomic E-state index is 13.2. The summed E-state index contributed by atoms with van der Waals surface area (Å²) in [7, 11) is 1.64. The SMILES string of the molecule is COc1ccccc1CN1C[C@H](C(=O)N2CCN(Cc3cccc(C)c3)CC2)CCC1=O. The van der Waals surface area contributed by atoms with Crippen LogP contribution < -0.4 is 4.74 Å². The van der Waals surface area contributed by atoms with Crippen molar-refractivity contribution in [3.8, 4) is 5.75 Å². The summed E-state index contributed by atoms with van der Waals surface area (Å²) in [5.41, 5.74) is 3.57. The van der Waals surface area contributed by atoms with Gasteiger partial charge in [-0.15, -0.1) is 0 Å². The molecule has 2 aliphatic heterocycles. The molecule has 170 valence electrons. The number of amides is 2. The van der Waals surface area contributed by atoms with E-state index in [4.69, 9.17) is 4.74 Å². The molecule has 0 N–H and O–H groups in total. The van der Waals surface area contributed by atoms with E-state index in [1.807, 2.05) is 34.1 Å². The number of benzene rings is 2. The lowest BCUT2D eigenvalue weighted by Crippen LogP contribution is -2.52. The van der Waals surface area contributed by atoms with Gasteiger partial charge in [0.25, 0.3) is 0 Å². The Bertz CT molecular complexity index is 953. The molecule has 0 unspecified atom stereocenters. The average Bonchev–Trinajstić information content (AvgIpc) is 2.81. The number of aryl methyl sites for hydroxylation is 1. The van der Waals surface area contributed by atoms with E-state index in [1.165, 1.54) is 11.1 Å². The van der Waals surface area contributed by atoms with Gasteiger partial charge in [0, 0.05) is 57.8 Å². The Morgan fingerprint density at radius 3 is 2.56 bits per heavy atom. The van der Waals surface area contributed by atoms with Crippen LogP contribution in [0.25, 0.3) is 0 Å². The van der Waals surface area contributed by atoms with Gasteiger partial charge in [-0.1, -0.05) is 48.0 Å². The van der Waals surface area contributed by atoms with Crippen LogP contribution in [-0.2, 0) is 22.7 Å². The van der Waals surface area contributed by atoms with Crippen LogP contribution in [0.5, 0.6) is 5.75 Å². The van der Waals surface area contributed by atoms with Crippen LogP contribution in [0, 0.1) is 12.8 Å². The van der Waals surface area contributed by atoms with E-state index < -0.39 is 0 Å². The van der Waals surface area contributed by atoms with Gasteiger partial charge in [0.2, 0.25) is 11.8 Å². The first kappa shape index (κ1) is 22.3. The number of likely N-dealkylation sites (tertiary alicyclic amines) is 1. The van der Waals surface area contributed by atoms with Crippen LogP contribution in [0.3, 0.4) is 0 Å². The molecule has 2 aliphatic rings. The van der Waals surface area contributed by atoms with E-state index >= 15 is 0 Å². The summed E-state index contributed by atoms with van der Waals surface area (Å²) in [4.78, 5) is 32.0. The van der Waals surface area contributed by atoms with Crippen LogP contribution in [-0.4, -0.2) is 66.3 Å². The molecule has 0 aromatic heterocycles. The van der Waals surface area contributed by atoms with Crippen molar-refractivity contribution in [2.75, 3.05) is 39.8 Å². The Balaban J connectivity index is 1.32. The third-order valence-electron chi connectivity index (χ3n) is 6.58. The second-order valence-electron chi connectivity index (χ2n) is 8.91. The molecule has 4 rings (SSSR count). The normalized spacial score (nSPS) is 19.8. The fourth-order valence-corrected chi connectivity index (χ4v) is 4.76. The first-order valence-corrected chi connectivity index (χ1v) is 11.5. The minimum Gasteiger partial charge on any atom is -0.496 e. The summed E-state index contributed by atoms with van der Waals surface area (Å²) in [6.45, 7) is 7.28. The fraction of sp³-hybridized carbons (Fsp3) is 0.462. The molecule has 32 heavy (non-hydrogen) atoms. The Kier molecular flexibility index (Phi) is 7.10. The Morgan fingerprint density at radius 1 is 1.03 bits per heavy atom. The van der Waals surface area contributed by atoms with Crippen molar-refractivity contribution in [3.05, 3.63) is 65.2 Å². The zero-order valence-corrected chi connectivity index (χ0v) is 19.1. The molecule has 0 bridgehead atoms. The lowest BCUT2D eigenvalue weighted by molar-refractivity contribution is -0.144. The first-order chi connectivity index (χ1) is 15.5. The van der Waals surface area contributed by atoms with Gasteiger partial charge in [0.05, 0.1) is 13.0 Å². The molecule has 0 saturated carbocycles. The second kappa shape index (κ2) is 10.2. The third kappa shape index (κ3) is 5.30. The monoisotopic (exact) mass is 435 g/mol. The largest absolute Gasteiger partial charge is 0.496 e. The predicted octanol–water partition coefficient (Wildman–Crippen LogP) is 3.09. The standard InChI is InChI=1S/C26H33N3O3/c1-20-6-5-7-21(16-20)17-27-12-14-28(15-13-27)26(31)23-10-11-25(30)29(19-23)18-22-8-3-4-9-24(22)32-2/h3-9,16,23H,10-15,17-19H2,1-2H3/t23-/m1/s1. The van der Waals surface area contributed by atoms with E-state index in [9.17, 15) is 9.59 Å². The van der Waals surface area contributed by atoms with Crippen molar-refractivity contribution in [2.45, 2.75) is 32.9 Å². The molecule has 2 saturated heterocycles. The molecule has 1 atom stereocenters. The number of piperidine rings is 1. The second-order valence-corrected chi connectivity index (χ2v) is 8.91. The number of piperazine rings is 1. The molecule has 6 nitrogen and oxygen atoms in total. The summed E-state index contributed by atoms with van der Waals surface area (Å²) >= 11 is 0. The van der Waals surface area contributed by atoms with Crippen LogP contribution in [0.15, 0.2) is 48.5 Å². The first-order valence-electron chi connectivity index (χ1n) is 11.5. The molecular weight excluding hydrogens is 402 g/mol. The lowest BCUT2D eigenvalue weighted by Gasteiger charge is -2.39. The van der Waals surface area contributed by atoms with Crippen LogP contribution in [0.2, 0.25) is 0 Å². The Hall–Kier alpha value is -2.86. The summed E-state index contributed by atoms with van der Waals surface area (Å²) in [5.74, 6) is 0.963. The van der Waals surface area contributed by atoms with Crippen molar-refractivity contribution in [2.24, 2.45) is 5.92 Å². The number of nitrogens with zero attached hydrogens (tertiary/aromatic N) is 3. The highest BCUT2D eigenvalue weighted by Gasteiger charge is 2.34. The zero-order chi connectivity index (χ0) is 22.5. The van der Waals surface area contributed by atoms with Crippen molar-refractivity contribution in [1.29, 1.82) is 0 Å². The smallest absolute Gasteiger partial charge is 0.227 e. The fourth-order valence-electron chi connectivity index (χ4n) is 4.76. The Morgan fingerprint density at radius 2 is 1.81 bits per heavy atom. The summed E-state index contributed by atoms with van der Waals surface area (Å²) in [6.07, 6.45) is 1.07. The topological polar surface area (TPSA) is 53.1 Å². The molecule has 2 aromatic rings.